The van der Waals surface area contributed by atoms with Crippen molar-refractivity contribution in [2.45, 2.75) is 13.3 Å². The Bertz CT molecular complexity index is 417. The van der Waals surface area contributed by atoms with Crippen molar-refractivity contribution in [3.63, 3.8) is 0 Å². The van der Waals surface area contributed by atoms with Crippen molar-refractivity contribution in [2.24, 2.45) is 0 Å². The molecule has 6 heteroatoms. The quantitative estimate of drug-likeness (QED) is 0.363. The second kappa shape index (κ2) is 7.81. The second-order valence-electron chi connectivity index (χ2n) is 3.28. The summed E-state index contributed by atoms with van der Waals surface area (Å²) >= 11 is 0. The Morgan fingerprint density at radius 1 is 1.38 bits per heavy atom. The third kappa shape index (κ3) is 7.78. The molecule has 0 amide bonds. The molecule has 0 spiro atoms. The fourth-order valence-corrected chi connectivity index (χ4v) is 1.60. The first-order valence-electron chi connectivity index (χ1n) is 4.60. The van der Waals surface area contributed by atoms with E-state index in [0.29, 0.717) is 5.75 Å². The van der Waals surface area contributed by atoms with Gasteiger partial charge >= 0.3 is 51.4 Å². The van der Waals surface area contributed by atoms with Crippen LogP contribution in [0, 0.1) is 6.92 Å². The molecule has 1 aromatic rings. The van der Waals surface area contributed by atoms with Crippen molar-refractivity contribution >= 4 is 10.1 Å². The van der Waals surface area contributed by atoms with Crippen LogP contribution < -0.4 is 56.1 Å². The maximum absolute atomic E-state index is 10.3. The summed E-state index contributed by atoms with van der Waals surface area (Å²) in [6.45, 7) is 2.18. The summed E-state index contributed by atoms with van der Waals surface area (Å²) in [6.07, 6.45) is 0.222. The molecule has 0 radical (unpaired) electrons. The average Bonchev–Trinajstić information content (AvgIpc) is 2.11. The Labute approximate surface area is 139 Å². The fraction of sp³-hybridized carbons (Fsp3) is 0.400. The summed E-state index contributed by atoms with van der Waals surface area (Å²) in [5.74, 6) is 0.317. The van der Waals surface area contributed by atoms with Crippen LogP contribution in [0.3, 0.4) is 0 Å². The standard InChI is InChI=1S/C10H14O4S.K/c1-9-4-2-5-10(8-9)14-6-3-7-15(11,12)13;/h2,4-5,8H,3,6-7H2,1H3,(H,11,12,13);/q;+1/p-1. The molecule has 0 aromatic heterocycles. The average molecular weight is 268 g/mol. The molecule has 0 aliphatic carbocycles. The number of benzene rings is 1. The zero-order valence-corrected chi connectivity index (χ0v) is 13.4. The normalized spacial score (nSPS) is 10.6. The zero-order chi connectivity index (χ0) is 11.3. The van der Waals surface area contributed by atoms with Crippen LogP contribution in [-0.4, -0.2) is 25.3 Å². The van der Waals surface area contributed by atoms with Gasteiger partial charge in [0.05, 0.1) is 16.7 Å². The van der Waals surface area contributed by atoms with E-state index >= 15 is 0 Å². The van der Waals surface area contributed by atoms with Crippen LogP contribution in [0.15, 0.2) is 24.3 Å². The Balaban J connectivity index is 0.00000225. The van der Waals surface area contributed by atoms with E-state index in [1.54, 1.807) is 6.07 Å². The van der Waals surface area contributed by atoms with E-state index in [1.165, 1.54) is 0 Å². The molecule has 0 fully saturated rings. The molecule has 0 aliphatic rings. The van der Waals surface area contributed by atoms with Gasteiger partial charge in [0.1, 0.15) is 5.75 Å². The summed E-state index contributed by atoms with van der Waals surface area (Å²) < 4.78 is 36.1. The summed E-state index contributed by atoms with van der Waals surface area (Å²) in [5, 5.41) is 0. The summed E-state index contributed by atoms with van der Waals surface area (Å²) in [6, 6.07) is 7.44. The van der Waals surface area contributed by atoms with Crippen molar-refractivity contribution < 1.29 is 69.1 Å². The minimum Gasteiger partial charge on any atom is -0.748 e. The van der Waals surface area contributed by atoms with Crippen molar-refractivity contribution in [3.8, 4) is 5.75 Å². The number of aryl methyl sites for hydroxylation is 1. The molecule has 16 heavy (non-hydrogen) atoms. The van der Waals surface area contributed by atoms with Gasteiger partial charge in [0.15, 0.2) is 0 Å². The van der Waals surface area contributed by atoms with E-state index in [4.69, 9.17) is 4.74 Å². The van der Waals surface area contributed by atoms with Crippen LogP contribution in [-0.2, 0) is 10.1 Å². The van der Waals surface area contributed by atoms with Crippen LogP contribution in [0.25, 0.3) is 0 Å². The monoisotopic (exact) mass is 268 g/mol. The molecule has 0 N–H and O–H groups in total. The minimum atomic E-state index is -4.12. The SMILES string of the molecule is Cc1cccc(OCCCS(=O)(=O)[O-])c1.[K+]. The van der Waals surface area contributed by atoms with Crippen LogP contribution in [0.4, 0.5) is 0 Å². The number of hydrogen-bond donors (Lipinski definition) is 0. The summed E-state index contributed by atoms with van der Waals surface area (Å²) in [5.41, 5.74) is 1.07. The molecule has 0 saturated heterocycles. The van der Waals surface area contributed by atoms with Crippen LogP contribution in [0.2, 0.25) is 0 Å². The molecule has 0 heterocycles. The first kappa shape index (κ1) is 16.6. The Morgan fingerprint density at radius 2 is 2.06 bits per heavy atom. The molecular weight excluding hydrogens is 255 g/mol. The van der Waals surface area contributed by atoms with Crippen LogP contribution in [0.5, 0.6) is 5.75 Å². The van der Waals surface area contributed by atoms with Gasteiger partial charge in [-0.25, -0.2) is 8.42 Å². The van der Waals surface area contributed by atoms with Gasteiger partial charge in [0, 0.05) is 5.75 Å². The first-order chi connectivity index (χ1) is 6.97. The molecule has 0 saturated carbocycles. The van der Waals surface area contributed by atoms with Crippen LogP contribution in [0.1, 0.15) is 12.0 Å². The van der Waals surface area contributed by atoms with E-state index in [9.17, 15) is 13.0 Å². The molecule has 0 bridgehead atoms. The molecule has 1 aromatic carbocycles. The number of hydrogen-bond acceptors (Lipinski definition) is 4. The van der Waals surface area contributed by atoms with E-state index < -0.39 is 10.1 Å². The summed E-state index contributed by atoms with van der Waals surface area (Å²) in [4.78, 5) is 0. The van der Waals surface area contributed by atoms with E-state index in [1.807, 2.05) is 25.1 Å². The molecule has 84 valence electrons. The molecule has 1 rings (SSSR count). The van der Waals surface area contributed by atoms with Gasteiger partial charge in [-0.15, -0.1) is 0 Å². The van der Waals surface area contributed by atoms with E-state index in [2.05, 4.69) is 0 Å². The maximum atomic E-state index is 10.3. The molecule has 0 aliphatic heterocycles. The fourth-order valence-electron chi connectivity index (χ4n) is 1.13. The number of rotatable bonds is 5. The molecule has 0 atom stereocenters. The van der Waals surface area contributed by atoms with Gasteiger partial charge in [-0.05, 0) is 31.0 Å². The second-order valence-corrected chi connectivity index (χ2v) is 4.80. The van der Waals surface area contributed by atoms with E-state index in [-0.39, 0.29) is 70.2 Å². The Kier molecular flexibility index (Phi) is 8.09. The molecular formula is C10H13KO4S. The largest absolute Gasteiger partial charge is 1.00 e. The minimum absolute atomic E-state index is 0. The predicted molar refractivity (Wildman–Crippen MR) is 55.9 cm³/mol. The zero-order valence-electron chi connectivity index (χ0n) is 9.47. The smallest absolute Gasteiger partial charge is 0.748 e. The summed E-state index contributed by atoms with van der Waals surface area (Å²) in [7, 11) is -4.12. The van der Waals surface area contributed by atoms with Gasteiger partial charge < -0.3 is 9.29 Å². The van der Waals surface area contributed by atoms with Gasteiger partial charge in [-0.2, -0.15) is 0 Å². The van der Waals surface area contributed by atoms with Crippen molar-refractivity contribution in [3.05, 3.63) is 29.8 Å². The predicted octanol–water partition coefficient (Wildman–Crippen LogP) is -1.69. The van der Waals surface area contributed by atoms with E-state index in [0.717, 1.165) is 5.56 Å². The topological polar surface area (TPSA) is 66.4 Å². The van der Waals surface area contributed by atoms with Crippen molar-refractivity contribution in [1.29, 1.82) is 0 Å². The Hall–Kier alpha value is 0.566. The molecule has 4 nitrogen and oxygen atoms in total. The first-order valence-corrected chi connectivity index (χ1v) is 6.18. The third-order valence-electron chi connectivity index (χ3n) is 1.80. The van der Waals surface area contributed by atoms with Gasteiger partial charge in [0.2, 0.25) is 0 Å². The third-order valence-corrected chi connectivity index (χ3v) is 2.59. The van der Waals surface area contributed by atoms with Gasteiger partial charge in [0.25, 0.3) is 0 Å². The molecule has 0 unspecified atom stereocenters. The van der Waals surface area contributed by atoms with Crippen LogP contribution >= 0.6 is 0 Å². The van der Waals surface area contributed by atoms with Crippen molar-refractivity contribution in [2.75, 3.05) is 12.4 Å². The maximum Gasteiger partial charge on any atom is 1.00 e. The Morgan fingerprint density at radius 3 is 2.62 bits per heavy atom. The van der Waals surface area contributed by atoms with Crippen molar-refractivity contribution in [1.82, 2.24) is 0 Å². The number of ether oxygens (including phenoxy) is 1. The van der Waals surface area contributed by atoms with Gasteiger partial charge in [-0.3, -0.25) is 0 Å². The van der Waals surface area contributed by atoms with Gasteiger partial charge in [-0.1, -0.05) is 12.1 Å².